The quantitative estimate of drug-likeness (QED) is 0.788. The average molecular weight is 319 g/mol. The Hall–Kier alpha value is -2.74. The number of methoxy groups -OCH3 is 1. The van der Waals surface area contributed by atoms with E-state index in [-0.39, 0.29) is 18.6 Å². The summed E-state index contributed by atoms with van der Waals surface area (Å²) in [7, 11) is 1.43. The summed E-state index contributed by atoms with van der Waals surface area (Å²) in [5.74, 6) is -1.97. The van der Waals surface area contributed by atoms with E-state index in [2.05, 4.69) is 10.3 Å². The lowest BCUT2D eigenvalue weighted by Crippen LogP contribution is -2.43. The maximum absolute atomic E-state index is 12.3. The molecule has 23 heavy (non-hydrogen) atoms. The molecule has 2 aromatic rings. The van der Waals surface area contributed by atoms with Gasteiger partial charge in [0.15, 0.2) is 0 Å². The SMILES string of the molecule is COCCC(NC(=O)c1cnc2cc(C)ccn2c1=O)C(=O)O. The van der Waals surface area contributed by atoms with Gasteiger partial charge in [0, 0.05) is 32.5 Å². The molecule has 1 amide bonds. The van der Waals surface area contributed by atoms with Crippen molar-refractivity contribution in [2.24, 2.45) is 0 Å². The second-order valence-electron chi connectivity index (χ2n) is 5.06. The zero-order valence-corrected chi connectivity index (χ0v) is 12.8. The van der Waals surface area contributed by atoms with Crippen LogP contribution in [0.15, 0.2) is 29.3 Å². The molecule has 0 aromatic carbocycles. The van der Waals surface area contributed by atoms with Crippen LogP contribution in [0.1, 0.15) is 22.3 Å². The second kappa shape index (κ2) is 7.01. The van der Waals surface area contributed by atoms with Gasteiger partial charge < -0.3 is 15.2 Å². The first-order valence-corrected chi connectivity index (χ1v) is 6.94. The van der Waals surface area contributed by atoms with Crippen molar-refractivity contribution in [3.05, 3.63) is 46.0 Å². The van der Waals surface area contributed by atoms with Crippen LogP contribution >= 0.6 is 0 Å². The Morgan fingerprint density at radius 3 is 2.87 bits per heavy atom. The van der Waals surface area contributed by atoms with Gasteiger partial charge in [0.25, 0.3) is 11.5 Å². The maximum atomic E-state index is 12.3. The van der Waals surface area contributed by atoms with Crippen molar-refractivity contribution in [3.8, 4) is 0 Å². The molecule has 0 aliphatic carbocycles. The van der Waals surface area contributed by atoms with Crippen molar-refractivity contribution in [2.75, 3.05) is 13.7 Å². The molecule has 0 aliphatic rings. The van der Waals surface area contributed by atoms with Gasteiger partial charge in [0.2, 0.25) is 0 Å². The summed E-state index contributed by atoms with van der Waals surface area (Å²) < 4.78 is 6.05. The fraction of sp³-hybridized carbons (Fsp3) is 0.333. The molecule has 0 saturated carbocycles. The number of hydrogen-bond acceptors (Lipinski definition) is 5. The fourth-order valence-electron chi connectivity index (χ4n) is 2.06. The molecule has 8 heteroatoms. The third-order valence-corrected chi connectivity index (χ3v) is 3.32. The smallest absolute Gasteiger partial charge is 0.326 e. The van der Waals surface area contributed by atoms with Crippen LogP contribution in [-0.2, 0) is 9.53 Å². The number of carboxylic acids is 1. The lowest BCUT2D eigenvalue weighted by atomic mass is 10.2. The number of amides is 1. The van der Waals surface area contributed by atoms with Crippen LogP contribution in [0.3, 0.4) is 0 Å². The van der Waals surface area contributed by atoms with E-state index in [1.165, 1.54) is 17.7 Å². The summed E-state index contributed by atoms with van der Waals surface area (Å²) in [6.45, 7) is 2.03. The number of nitrogens with one attached hydrogen (secondary N) is 1. The number of aliphatic carboxylic acids is 1. The van der Waals surface area contributed by atoms with E-state index in [9.17, 15) is 14.4 Å². The first-order valence-electron chi connectivity index (χ1n) is 6.94. The number of carbonyl (C=O) groups excluding carboxylic acids is 1. The normalized spacial score (nSPS) is 12.1. The highest BCUT2D eigenvalue weighted by molar-refractivity contribution is 5.96. The number of nitrogens with zero attached hydrogens (tertiary/aromatic N) is 2. The molecule has 2 heterocycles. The fourth-order valence-corrected chi connectivity index (χ4v) is 2.06. The Kier molecular flexibility index (Phi) is 5.07. The summed E-state index contributed by atoms with van der Waals surface area (Å²) in [5, 5.41) is 11.4. The van der Waals surface area contributed by atoms with Crippen LogP contribution in [0.4, 0.5) is 0 Å². The molecule has 2 aromatic heterocycles. The van der Waals surface area contributed by atoms with E-state index in [4.69, 9.17) is 9.84 Å². The third-order valence-electron chi connectivity index (χ3n) is 3.32. The number of ether oxygens (including phenoxy) is 1. The van der Waals surface area contributed by atoms with Crippen LogP contribution in [0.25, 0.3) is 5.65 Å². The van der Waals surface area contributed by atoms with Gasteiger partial charge in [-0.3, -0.25) is 14.0 Å². The highest BCUT2D eigenvalue weighted by Gasteiger charge is 2.22. The van der Waals surface area contributed by atoms with Crippen LogP contribution in [0, 0.1) is 6.92 Å². The zero-order valence-electron chi connectivity index (χ0n) is 12.8. The monoisotopic (exact) mass is 319 g/mol. The molecular formula is C15H17N3O5. The first kappa shape index (κ1) is 16.6. The Bertz CT molecular complexity index is 799. The van der Waals surface area contributed by atoms with Crippen molar-refractivity contribution in [2.45, 2.75) is 19.4 Å². The van der Waals surface area contributed by atoms with Gasteiger partial charge in [0.05, 0.1) is 0 Å². The zero-order chi connectivity index (χ0) is 17.0. The topological polar surface area (TPSA) is 110 Å². The van der Waals surface area contributed by atoms with E-state index in [1.807, 2.05) is 6.92 Å². The maximum Gasteiger partial charge on any atom is 0.326 e. The average Bonchev–Trinajstić information content (AvgIpc) is 2.51. The molecule has 0 radical (unpaired) electrons. The Morgan fingerprint density at radius 2 is 2.22 bits per heavy atom. The number of carboxylic acid groups (broad SMARTS) is 1. The van der Waals surface area contributed by atoms with Crippen molar-refractivity contribution < 1.29 is 19.4 Å². The van der Waals surface area contributed by atoms with E-state index in [1.54, 1.807) is 12.1 Å². The largest absolute Gasteiger partial charge is 0.480 e. The third kappa shape index (κ3) is 3.72. The number of aryl methyl sites for hydroxylation is 1. The predicted molar refractivity (Wildman–Crippen MR) is 81.6 cm³/mol. The van der Waals surface area contributed by atoms with E-state index >= 15 is 0 Å². The van der Waals surface area contributed by atoms with Gasteiger partial charge in [0.1, 0.15) is 17.3 Å². The number of fused-ring (bicyclic) bond motifs is 1. The Labute approximate surface area is 131 Å². The molecular weight excluding hydrogens is 302 g/mol. The first-order chi connectivity index (χ1) is 10.9. The molecule has 122 valence electrons. The number of rotatable bonds is 6. The van der Waals surface area contributed by atoms with Gasteiger partial charge in [-0.1, -0.05) is 0 Å². The molecule has 0 spiro atoms. The number of pyridine rings is 1. The van der Waals surface area contributed by atoms with Crippen LogP contribution < -0.4 is 10.9 Å². The van der Waals surface area contributed by atoms with Gasteiger partial charge in [-0.25, -0.2) is 9.78 Å². The van der Waals surface area contributed by atoms with Crippen LogP contribution in [-0.4, -0.2) is 46.1 Å². The molecule has 1 atom stereocenters. The van der Waals surface area contributed by atoms with Gasteiger partial charge in [-0.2, -0.15) is 0 Å². The molecule has 2 rings (SSSR count). The summed E-state index contributed by atoms with van der Waals surface area (Å²) in [6, 6.07) is 2.29. The number of aromatic nitrogens is 2. The van der Waals surface area contributed by atoms with Crippen molar-refractivity contribution in [3.63, 3.8) is 0 Å². The minimum absolute atomic E-state index is 0.0963. The summed E-state index contributed by atoms with van der Waals surface area (Å²) in [4.78, 5) is 39.7. The molecule has 0 fully saturated rings. The molecule has 0 saturated heterocycles. The second-order valence-corrected chi connectivity index (χ2v) is 5.06. The summed E-state index contributed by atoms with van der Waals surface area (Å²) >= 11 is 0. The molecule has 1 unspecified atom stereocenters. The summed E-state index contributed by atoms with van der Waals surface area (Å²) in [5.41, 5.74) is 0.582. The molecule has 0 aliphatic heterocycles. The van der Waals surface area contributed by atoms with Crippen LogP contribution in [0.5, 0.6) is 0 Å². The lowest BCUT2D eigenvalue weighted by Gasteiger charge is -2.14. The minimum atomic E-state index is -1.19. The predicted octanol–water partition coefficient (Wildman–Crippen LogP) is 0.222. The van der Waals surface area contributed by atoms with Crippen molar-refractivity contribution in [1.82, 2.24) is 14.7 Å². The molecule has 8 nitrogen and oxygen atoms in total. The van der Waals surface area contributed by atoms with Gasteiger partial charge >= 0.3 is 5.97 Å². The Balaban J connectivity index is 2.30. The molecule has 2 N–H and O–H groups in total. The van der Waals surface area contributed by atoms with E-state index < -0.39 is 23.5 Å². The van der Waals surface area contributed by atoms with Gasteiger partial charge in [-0.15, -0.1) is 0 Å². The Morgan fingerprint density at radius 1 is 1.48 bits per heavy atom. The van der Waals surface area contributed by atoms with E-state index in [0.717, 1.165) is 11.8 Å². The standard InChI is InChI=1S/C15H17N3O5/c1-9-3-5-18-12(7-9)16-8-10(14(18)20)13(19)17-11(15(21)22)4-6-23-2/h3,5,7-8,11H,4,6H2,1-2H3,(H,17,19)(H,21,22). The highest BCUT2D eigenvalue weighted by atomic mass is 16.5. The van der Waals surface area contributed by atoms with E-state index in [0.29, 0.717) is 5.65 Å². The summed E-state index contributed by atoms with van der Waals surface area (Å²) in [6.07, 6.45) is 2.77. The highest BCUT2D eigenvalue weighted by Crippen LogP contribution is 2.03. The van der Waals surface area contributed by atoms with Crippen LogP contribution in [0.2, 0.25) is 0 Å². The van der Waals surface area contributed by atoms with Gasteiger partial charge in [-0.05, 0) is 24.6 Å². The number of carbonyl (C=O) groups is 2. The minimum Gasteiger partial charge on any atom is -0.480 e. The van der Waals surface area contributed by atoms with Crippen molar-refractivity contribution >= 4 is 17.5 Å². The lowest BCUT2D eigenvalue weighted by molar-refractivity contribution is -0.139. The van der Waals surface area contributed by atoms with Crippen molar-refractivity contribution in [1.29, 1.82) is 0 Å². The number of hydrogen-bond donors (Lipinski definition) is 2. The molecule has 0 bridgehead atoms.